The molecule has 1 N–H and O–H groups in total. The molecule has 1 aromatic rings. The summed E-state index contributed by atoms with van der Waals surface area (Å²) < 4.78 is 5.39. The predicted octanol–water partition coefficient (Wildman–Crippen LogP) is 3.01. The van der Waals surface area contributed by atoms with Gasteiger partial charge in [0.1, 0.15) is 5.75 Å². The molecule has 1 rings (SSSR count). The lowest BCUT2D eigenvalue weighted by atomic mass is 10.2. The number of carbonyl (C=O) groups is 1. The lowest BCUT2D eigenvalue weighted by Crippen LogP contribution is -2.31. The van der Waals surface area contributed by atoms with Gasteiger partial charge in [0.2, 0.25) is 0 Å². The average Bonchev–Trinajstić information content (AvgIpc) is 2.48. The minimum Gasteiger partial charge on any atom is -0.508 e. The highest BCUT2D eigenvalue weighted by Gasteiger charge is 2.06. The number of hydrogen-bond acceptors (Lipinski definition) is 4. The molecule has 21 heavy (non-hydrogen) atoms. The number of benzene rings is 1. The van der Waals surface area contributed by atoms with Crippen LogP contribution in [0.2, 0.25) is 0 Å². The van der Waals surface area contributed by atoms with E-state index in [-0.39, 0.29) is 24.6 Å². The van der Waals surface area contributed by atoms with E-state index in [1.54, 1.807) is 30.3 Å². The number of rotatable bonds is 7. The molecule has 0 atom stereocenters. The Bertz CT molecular complexity index is 493. The van der Waals surface area contributed by atoms with Crippen LogP contribution in [0.1, 0.15) is 25.8 Å². The van der Waals surface area contributed by atoms with E-state index in [0.717, 1.165) is 18.7 Å². The van der Waals surface area contributed by atoms with Crippen molar-refractivity contribution >= 4 is 29.3 Å². The molecule has 1 aromatic carbocycles. The van der Waals surface area contributed by atoms with Crippen molar-refractivity contribution < 1.29 is 14.6 Å². The van der Waals surface area contributed by atoms with Gasteiger partial charge in [-0.3, -0.25) is 4.79 Å². The Hall–Kier alpha value is -1.88. The third-order valence-electron chi connectivity index (χ3n) is 2.95. The van der Waals surface area contributed by atoms with E-state index < -0.39 is 0 Å². The number of thiocarbonyl (C=S) groups is 1. The zero-order chi connectivity index (χ0) is 15.7. The minimum absolute atomic E-state index is 0.0228. The largest absolute Gasteiger partial charge is 0.508 e. The van der Waals surface area contributed by atoms with Gasteiger partial charge in [-0.15, -0.1) is 0 Å². The van der Waals surface area contributed by atoms with Gasteiger partial charge in [-0.25, -0.2) is 0 Å². The molecule has 0 unspecified atom stereocenters. The van der Waals surface area contributed by atoms with Gasteiger partial charge < -0.3 is 14.7 Å². The summed E-state index contributed by atoms with van der Waals surface area (Å²) in [5, 5.41) is 9.60. The van der Waals surface area contributed by atoms with E-state index in [0.29, 0.717) is 5.17 Å². The summed E-state index contributed by atoms with van der Waals surface area (Å²) in [6, 6.07) is 6.64. The highest BCUT2D eigenvalue weighted by Crippen LogP contribution is 2.10. The quantitative estimate of drug-likeness (QED) is 0.620. The van der Waals surface area contributed by atoms with E-state index in [9.17, 15) is 4.79 Å². The highest BCUT2D eigenvalue weighted by atomic mass is 32.1. The Morgan fingerprint density at radius 1 is 1.29 bits per heavy atom. The Labute approximate surface area is 131 Å². The Morgan fingerprint density at radius 3 is 2.48 bits per heavy atom. The van der Waals surface area contributed by atoms with Crippen LogP contribution in [-0.4, -0.2) is 40.7 Å². The molecule has 5 heteroatoms. The molecule has 0 spiro atoms. The van der Waals surface area contributed by atoms with Gasteiger partial charge in [0.05, 0.1) is 6.61 Å². The van der Waals surface area contributed by atoms with Gasteiger partial charge in [-0.1, -0.05) is 18.2 Å². The highest BCUT2D eigenvalue weighted by molar-refractivity contribution is 7.80. The monoisotopic (exact) mass is 307 g/mol. The van der Waals surface area contributed by atoms with Crippen LogP contribution < -0.4 is 0 Å². The SMILES string of the molecule is CCN(CC)C(=S)OCCC(=O)C=Cc1ccc(O)cc1. The number of allylic oxidation sites excluding steroid dienone is 1. The molecule has 0 bridgehead atoms. The van der Waals surface area contributed by atoms with Crippen LogP contribution in [0, 0.1) is 0 Å². The molecule has 4 nitrogen and oxygen atoms in total. The zero-order valence-corrected chi connectivity index (χ0v) is 13.2. The number of nitrogens with zero attached hydrogens (tertiary/aromatic N) is 1. The molecule has 0 aliphatic heterocycles. The summed E-state index contributed by atoms with van der Waals surface area (Å²) in [7, 11) is 0. The molecular weight excluding hydrogens is 286 g/mol. The first-order valence-corrected chi connectivity index (χ1v) is 7.39. The van der Waals surface area contributed by atoms with Crippen molar-refractivity contribution in [3.05, 3.63) is 35.9 Å². The fraction of sp³-hybridized carbons (Fsp3) is 0.375. The molecule has 0 fully saturated rings. The summed E-state index contributed by atoms with van der Waals surface area (Å²) in [4.78, 5) is 13.6. The number of ketones is 1. The third-order valence-corrected chi connectivity index (χ3v) is 3.33. The van der Waals surface area contributed by atoms with Crippen molar-refractivity contribution in [3.8, 4) is 5.75 Å². The fourth-order valence-corrected chi connectivity index (χ4v) is 2.01. The minimum atomic E-state index is -0.0228. The number of aromatic hydroxyl groups is 1. The first-order chi connectivity index (χ1) is 10.1. The number of carbonyl (C=O) groups excluding carboxylic acids is 1. The first kappa shape index (κ1) is 17.2. The van der Waals surface area contributed by atoms with Gasteiger partial charge in [0, 0.05) is 19.5 Å². The van der Waals surface area contributed by atoms with Crippen molar-refractivity contribution in [2.24, 2.45) is 0 Å². The summed E-state index contributed by atoms with van der Waals surface area (Å²) in [5.74, 6) is 0.183. The van der Waals surface area contributed by atoms with Gasteiger partial charge in [-0.2, -0.15) is 0 Å². The molecule has 0 radical (unpaired) electrons. The van der Waals surface area contributed by atoms with Crippen molar-refractivity contribution in [3.63, 3.8) is 0 Å². The number of hydrogen-bond donors (Lipinski definition) is 1. The fourth-order valence-electron chi connectivity index (χ4n) is 1.67. The van der Waals surface area contributed by atoms with E-state index in [4.69, 9.17) is 22.1 Å². The Kier molecular flexibility index (Phi) is 7.46. The van der Waals surface area contributed by atoms with E-state index >= 15 is 0 Å². The summed E-state index contributed by atoms with van der Waals surface area (Å²) >= 11 is 5.13. The van der Waals surface area contributed by atoms with Crippen LogP contribution in [0.15, 0.2) is 30.3 Å². The topological polar surface area (TPSA) is 49.8 Å². The second kappa shape index (κ2) is 9.13. The normalized spacial score (nSPS) is 10.6. The number of phenols is 1. The van der Waals surface area contributed by atoms with Crippen molar-refractivity contribution in [2.45, 2.75) is 20.3 Å². The molecule has 0 saturated heterocycles. The van der Waals surface area contributed by atoms with E-state index in [1.165, 1.54) is 6.08 Å². The smallest absolute Gasteiger partial charge is 0.259 e. The zero-order valence-electron chi connectivity index (χ0n) is 12.4. The second-order valence-corrected chi connectivity index (χ2v) is 4.78. The van der Waals surface area contributed by atoms with Gasteiger partial charge in [-0.05, 0) is 49.8 Å². The van der Waals surface area contributed by atoms with Crippen LogP contribution in [0.3, 0.4) is 0 Å². The lowest BCUT2D eigenvalue weighted by Gasteiger charge is -2.20. The molecule has 0 aliphatic carbocycles. The molecule has 0 aliphatic rings. The third kappa shape index (κ3) is 6.40. The maximum atomic E-state index is 11.7. The number of ether oxygens (including phenoxy) is 1. The number of phenolic OH excluding ortho intramolecular Hbond substituents is 1. The molecule has 0 heterocycles. The average molecular weight is 307 g/mol. The Balaban J connectivity index is 2.34. The predicted molar refractivity (Wildman–Crippen MR) is 88.2 cm³/mol. The summed E-state index contributed by atoms with van der Waals surface area (Å²) in [6.45, 7) is 5.89. The first-order valence-electron chi connectivity index (χ1n) is 6.98. The maximum absolute atomic E-state index is 11.7. The van der Waals surface area contributed by atoms with Crippen molar-refractivity contribution in [1.82, 2.24) is 4.90 Å². The van der Waals surface area contributed by atoms with Crippen LogP contribution in [0.25, 0.3) is 6.08 Å². The van der Waals surface area contributed by atoms with E-state index in [2.05, 4.69) is 0 Å². The van der Waals surface area contributed by atoms with Crippen LogP contribution in [0.5, 0.6) is 5.75 Å². The molecular formula is C16H21NO3S. The van der Waals surface area contributed by atoms with Gasteiger partial charge in [0.15, 0.2) is 5.78 Å². The molecule has 0 aromatic heterocycles. The van der Waals surface area contributed by atoms with Gasteiger partial charge >= 0.3 is 0 Å². The van der Waals surface area contributed by atoms with E-state index in [1.807, 2.05) is 18.7 Å². The van der Waals surface area contributed by atoms with Crippen molar-refractivity contribution in [2.75, 3.05) is 19.7 Å². The van der Waals surface area contributed by atoms with Gasteiger partial charge in [0.25, 0.3) is 5.17 Å². The summed E-state index contributed by atoms with van der Waals surface area (Å²) in [5.41, 5.74) is 0.862. The van der Waals surface area contributed by atoms with Crippen LogP contribution >= 0.6 is 12.2 Å². The second-order valence-electron chi connectivity index (χ2n) is 4.43. The lowest BCUT2D eigenvalue weighted by molar-refractivity contribution is -0.115. The Morgan fingerprint density at radius 2 is 1.90 bits per heavy atom. The van der Waals surface area contributed by atoms with Crippen LogP contribution in [0.4, 0.5) is 0 Å². The molecule has 0 amide bonds. The van der Waals surface area contributed by atoms with Crippen molar-refractivity contribution in [1.29, 1.82) is 0 Å². The molecule has 114 valence electrons. The standard InChI is InChI=1S/C16H21NO3S/c1-3-17(4-2)16(21)20-12-11-15(19)10-7-13-5-8-14(18)9-6-13/h5-10,18H,3-4,11-12H2,1-2H3. The molecule has 0 saturated carbocycles. The van der Waals surface area contributed by atoms with Crippen LogP contribution in [-0.2, 0) is 9.53 Å². The maximum Gasteiger partial charge on any atom is 0.259 e. The summed E-state index contributed by atoms with van der Waals surface area (Å²) in [6.07, 6.45) is 3.51.